The van der Waals surface area contributed by atoms with E-state index in [2.05, 4.69) is 5.32 Å². The van der Waals surface area contributed by atoms with Crippen molar-refractivity contribution in [1.29, 1.82) is 0 Å². The number of methoxy groups -OCH3 is 1. The molecule has 0 saturated carbocycles. The second kappa shape index (κ2) is 6.20. The number of nitrogens with two attached hydrogens (primary N) is 1. The molecule has 1 aromatic carbocycles. The van der Waals surface area contributed by atoms with Crippen molar-refractivity contribution in [2.75, 3.05) is 13.7 Å². The molecule has 3 N–H and O–H groups in total. The van der Waals surface area contributed by atoms with Crippen LogP contribution in [0.1, 0.15) is 23.7 Å². The molecule has 0 aliphatic carbocycles. The van der Waals surface area contributed by atoms with Gasteiger partial charge in [-0.25, -0.2) is 4.39 Å². The number of amides is 1. The first kappa shape index (κ1) is 13.4. The molecule has 1 rings (SSSR count). The number of halogens is 1. The van der Waals surface area contributed by atoms with Crippen molar-refractivity contribution in [3.05, 3.63) is 29.6 Å². The van der Waals surface area contributed by atoms with Crippen LogP contribution in [0.15, 0.2) is 18.2 Å². The fraction of sp³-hybridized carbons (Fsp3) is 0.417. The van der Waals surface area contributed by atoms with Crippen LogP contribution in [0.25, 0.3) is 0 Å². The van der Waals surface area contributed by atoms with E-state index < -0.39 is 11.7 Å². The van der Waals surface area contributed by atoms with Crippen LogP contribution >= 0.6 is 0 Å². The summed E-state index contributed by atoms with van der Waals surface area (Å²) in [5.74, 6) is -0.650. The monoisotopic (exact) mass is 240 g/mol. The Balaban J connectivity index is 2.63. The molecule has 0 aliphatic heterocycles. The Hall–Kier alpha value is -1.62. The quantitative estimate of drug-likeness (QED) is 0.815. The molecular weight excluding hydrogens is 223 g/mol. The van der Waals surface area contributed by atoms with Gasteiger partial charge in [-0.3, -0.25) is 4.79 Å². The third-order valence-corrected chi connectivity index (χ3v) is 2.31. The molecule has 4 nitrogen and oxygen atoms in total. The summed E-state index contributed by atoms with van der Waals surface area (Å²) in [4.78, 5) is 11.6. The van der Waals surface area contributed by atoms with Gasteiger partial charge in [-0.15, -0.1) is 0 Å². The van der Waals surface area contributed by atoms with E-state index in [1.54, 1.807) is 6.07 Å². The topological polar surface area (TPSA) is 64.3 Å². The van der Waals surface area contributed by atoms with E-state index in [4.69, 9.17) is 10.5 Å². The Bertz CT molecular complexity index is 394. The van der Waals surface area contributed by atoms with Crippen LogP contribution in [0.3, 0.4) is 0 Å². The standard InChI is InChI=1S/C12H17FN2O2/c1-8(14)5-6-15-12(16)10-4-3-9(17-2)7-11(10)13/h3-4,7-8H,5-6,14H2,1-2H3,(H,15,16). The van der Waals surface area contributed by atoms with E-state index in [0.29, 0.717) is 18.7 Å². The number of hydrogen-bond donors (Lipinski definition) is 2. The molecule has 0 spiro atoms. The molecule has 17 heavy (non-hydrogen) atoms. The molecule has 1 amide bonds. The lowest BCUT2D eigenvalue weighted by Crippen LogP contribution is -2.29. The highest BCUT2D eigenvalue weighted by Gasteiger charge is 2.11. The molecule has 0 aliphatic rings. The van der Waals surface area contributed by atoms with Gasteiger partial charge in [0.2, 0.25) is 0 Å². The van der Waals surface area contributed by atoms with Gasteiger partial charge < -0.3 is 15.8 Å². The first-order chi connectivity index (χ1) is 8.04. The maximum Gasteiger partial charge on any atom is 0.254 e. The summed E-state index contributed by atoms with van der Waals surface area (Å²) in [6.07, 6.45) is 0.656. The summed E-state index contributed by atoms with van der Waals surface area (Å²) in [6.45, 7) is 2.28. The van der Waals surface area contributed by atoms with Gasteiger partial charge >= 0.3 is 0 Å². The molecule has 5 heteroatoms. The van der Waals surface area contributed by atoms with Crippen molar-refractivity contribution in [2.45, 2.75) is 19.4 Å². The van der Waals surface area contributed by atoms with Crippen LogP contribution in [-0.2, 0) is 0 Å². The highest BCUT2D eigenvalue weighted by atomic mass is 19.1. The zero-order valence-electron chi connectivity index (χ0n) is 10.00. The maximum absolute atomic E-state index is 13.5. The highest BCUT2D eigenvalue weighted by molar-refractivity contribution is 5.94. The van der Waals surface area contributed by atoms with E-state index in [1.807, 2.05) is 6.92 Å². The van der Waals surface area contributed by atoms with E-state index in [1.165, 1.54) is 19.2 Å². The Labute approximate surface area is 100.0 Å². The Kier molecular flexibility index (Phi) is 4.90. The van der Waals surface area contributed by atoms with Crippen molar-refractivity contribution < 1.29 is 13.9 Å². The minimum atomic E-state index is -0.595. The fourth-order valence-corrected chi connectivity index (χ4v) is 1.32. The van der Waals surface area contributed by atoms with Crippen molar-refractivity contribution in [3.8, 4) is 5.75 Å². The van der Waals surface area contributed by atoms with Crippen molar-refractivity contribution >= 4 is 5.91 Å². The van der Waals surface area contributed by atoms with E-state index >= 15 is 0 Å². The largest absolute Gasteiger partial charge is 0.497 e. The summed E-state index contributed by atoms with van der Waals surface area (Å²) in [7, 11) is 1.44. The zero-order chi connectivity index (χ0) is 12.8. The Morgan fingerprint density at radius 1 is 1.59 bits per heavy atom. The van der Waals surface area contributed by atoms with E-state index in [-0.39, 0.29) is 11.6 Å². The highest BCUT2D eigenvalue weighted by Crippen LogP contribution is 2.15. The molecule has 1 atom stereocenters. The van der Waals surface area contributed by atoms with Crippen LogP contribution < -0.4 is 15.8 Å². The molecule has 94 valence electrons. The minimum absolute atomic E-state index is 0.00970. The molecule has 0 heterocycles. The molecule has 0 radical (unpaired) electrons. The van der Waals surface area contributed by atoms with E-state index in [9.17, 15) is 9.18 Å². The summed E-state index contributed by atoms with van der Waals surface area (Å²) >= 11 is 0. The Morgan fingerprint density at radius 3 is 2.82 bits per heavy atom. The first-order valence-electron chi connectivity index (χ1n) is 5.42. The number of nitrogens with one attached hydrogen (secondary N) is 1. The van der Waals surface area contributed by atoms with Gasteiger partial charge in [-0.2, -0.15) is 0 Å². The minimum Gasteiger partial charge on any atom is -0.497 e. The van der Waals surface area contributed by atoms with Crippen molar-refractivity contribution in [3.63, 3.8) is 0 Å². The van der Waals surface area contributed by atoms with Crippen LogP contribution in [0, 0.1) is 5.82 Å². The maximum atomic E-state index is 13.5. The van der Waals surface area contributed by atoms with Gasteiger partial charge in [0, 0.05) is 18.7 Å². The summed E-state index contributed by atoms with van der Waals surface area (Å²) < 4.78 is 18.4. The third-order valence-electron chi connectivity index (χ3n) is 2.31. The lowest BCUT2D eigenvalue weighted by Gasteiger charge is -2.08. The molecule has 0 bridgehead atoms. The number of ether oxygens (including phenoxy) is 1. The van der Waals surface area contributed by atoms with Crippen LogP contribution in [-0.4, -0.2) is 25.6 Å². The number of carbonyl (C=O) groups excluding carboxylic acids is 1. The SMILES string of the molecule is COc1ccc(C(=O)NCCC(C)N)c(F)c1. The fourth-order valence-electron chi connectivity index (χ4n) is 1.32. The first-order valence-corrected chi connectivity index (χ1v) is 5.42. The molecule has 1 aromatic rings. The lowest BCUT2D eigenvalue weighted by molar-refractivity contribution is 0.0948. The van der Waals surface area contributed by atoms with Crippen molar-refractivity contribution in [2.24, 2.45) is 5.73 Å². The summed E-state index contributed by atoms with van der Waals surface area (Å²) in [6, 6.07) is 4.13. The normalized spacial score (nSPS) is 12.0. The third kappa shape index (κ3) is 4.03. The second-order valence-corrected chi connectivity index (χ2v) is 3.87. The van der Waals surface area contributed by atoms with Gasteiger partial charge in [0.25, 0.3) is 5.91 Å². The summed E-state index contributed by atoms with van der Waals surface area (Å²) in [5, 5.41) is 2.61. The summed E-state index contributed by atoms with van der Waals surface area (Å²) in [5.41, 5.74) is 5.55. The number of rotatable bonds is 5. The average molecular weight is 240 g/mol. The van der Waals surface area contributed by atoms with Gasteiger partial charge in [0.15, 0.2) is 0 Å². The van der Waals surface area contributed by atoms with Crippen LogP contribution in [0.5, 0.6) is 5.75 Å². The van der Waals surface area contributed by atoms with Crippen LogP contribution in [0.2, 0.25) is 0 Å². The smallest absolute Gasteiger partial charge is 0.254 e. The average Bonchev–Trinajstić information content (AvgIpc) is 2.28. The van der Waals surface area contributed by atoms with Gasteiger partial charge in [-0.1, -0.05) is 0 Å². The number of carbonyl (C=O) groups is 1. The molecule has 0 fully saturated rings. The predicted molar refractivity (Wildman–Crippen MR) is 63.6 cm³/mol. The van der Waals surface area contributed by atoms with Crippen molar-refractivity contribution in [1.82, 2.24) is 5.32 Å². The van der Waals surface area contributed by atoms with Crippen LogP contribution in [0.4, 0.5) is 4.39 Å². The second-order valence-electron chi connectivity index (χ2n) is 3.87. The van der Waals surface area contributed by atoms with Gasteiger partial charge in [0.05, 0.1) is 12.7 Å². The Morgan fingerprint density at radius 2 is 2.29 bits per heavy atom. The molecular formula is C12H17FN2O2. The predicted octanol–water partition coefficient (Wildman–Crippen LogP) is 1.30. The molecule has 1 unspecified atom stereocenters. The van der Waals surface area contributed by atoms with E-state index in [0.717, 1.165) is 0 Å². The number of hydrogen-bond acceptors (Lipinski definition) is 3. The lowest BCUT2D eigenvalue weighted by atomic mass is 10.2. The van der Waals surface area contributed by atoms with Gasteiger partial charge in [0.1, 0.15) is 11.6 Å². The molecule has 0 aromatic heterocycles. The molecule has 0 saturated heterocycles. The zero-order valence-corrected chi connectivity index (χ0v) is 10.00. The van der Waals surface area contributed by atoms with Gasteiger partial charge in [-0.05, 0) is 25.5 Å². The number of benzene rings is 1.